The highest BCUT2D eigenvalue weighted by Gasteiger charge is 2.18. The van der Waals surface area contributed by atoms with Crippen LogP contribution >= 0.6 is 24.8 Å². The Labute approximate surface area is 97.3 Å². The molecular weight excluding hydrogens is 219 g/mol. The summed E-state index contributed by atoms with van der Waals surface area (Å²) in [6.07, 6.45) is 1.12. The van der Waals surface area contributed by atoms with Gasteiger partial charge in [-0.3, -0.25) is 0 Å². The van der Waals surface area contributed by atoms with Gasteiger partial charge >= 0.3 is 0 Å². The van der Waals surface area contributed by atoms with E-state index in [1.165, 1.54) is 5.69 Å². The van der Waals surface area contributed by atoms with Crippen molar-refractivity contribution in [2.75, 3.05) is 18.0 Å². The molecule has 1 atom stereocenters. The molecule has 1 aliphatic rings. The van der Waals surface area contributed by atoms with Crippen LogP contribution in [-0.4, -0.2) is 19.1 Å². The van der Waals surface area contributed by atoms with Crippen LogP contribution in [0, 0.1) is 0 Å². The van der Waals surface area contributed by atoms with E-state index in [1.54, 1.807) is 0 Å². The standard InChI is InChI=1S/C10H14N2.2ClH/c11-9-6-7-12(8-9)10-4-2-1-3-5-10;;/h1-5,9H,6-8,11H2;2*1H. The second kappa shape index (κ2) is 6.12. The summed E-state index contributed by atoms with van der Waals surface area (Å²) in [5.41, 5.74) is 7.12. The first-order valence-corrected chi connectivity index (χ1v) is 4.42. The molecule has 0 aliphatic carbocycles. The molecule has 1 fully saturated rings. The molecule has 0 amide bonds. The van der Waals surface area contributed by atoms with Crippen molar-refractivity contribution in [3.8, 4) is 0 Å². The highest BCUT2D eigenvalue weighted by atomic mass is 35.5. The molecule has 1 unspecified atom stereocenters. The summed E-state index contributed by atoms with van der Waals surface area (Å²) in [6.45, 7) is 2.11. The lowest BCUT2D eigenvalue weighted by Gasteiger charge is -2.17. The minimum atomic E-state index is 0. The van der Waals surface area contributed by atoms with E-state index in [-0.39, 0.29) is 24.8 Å². The molecule has 2 nitrogen and oxygen atoms in total. The first kappa shape index (κ1) is 13.6. The third-order valence-electron chi connectivity index (χ3n) is 2.35. The van der Waals surface area contributed by atoms with Crippen molar-refractivity contribution < 1.29 is 0 Å². The fourth-order valence-corrected chi connectivity index (χ4v) is 1.66. The largest absolute Gasteiger partial charge is 0.370 e. The zero-order valence-electron chi connectivity index (χ0n) is 7.93. The Morgan fingerprint density at radius 1 is 1.14 bits per heavy atom. The lowest BCUT2D eigenvalue weighted by molar-refractivity contribution is 0.752. The first-order chi connectivity index (χ1) is 5.86. The van der Waals surface area contributed by atoms with E-state index in [0.717, 1.165) is 19.5 Å². The predicted molar refractivity (Wildman–Crippen MR) is 65.7 cm³/mol. The number of benzene rings is 1. The van der Waals surface area contributed by atoms with Crippen molar-refractivity contribution in [2.24, 2.45) is 5.73 Å². The Bertz CT molecular complexity index is 254. The van der Waals surface area contributed by atoms with E-state index in [0.29, 0.717) is 6.04 Å². The molecule has 0 aromatic heterocycles. The molecule has 2 rings (SSSR count). The summed E-state index contributed by atoms with van der Waals surface area (Å²) in [5.74, 6) is 0. The van der Waals surface area contributed by atoms with Crippen LogP contribution in [0.4, 0.5) is 5.69 Å². The SMILES string of the molecule is Cl.Cl.NC1CCN(c2ccccc2)C1. The zero-order chi connectivity index (χ0) is 8.39. The molecular formula is C10H16Cl2N2. The van der Waals surface area contributed by atoms with E-state index in [1.807, 2.05) is 6.07 Å². The van der Waals surface area contributed by atoms with E-state index in [2.05, 4.69) is 29.2 Å². The van der Waals surface area contributed by atoms with Crippen molar-refractivity contribution in [2.45, 2.75) is 12.5 Å². The Kier molecular flexibility index (Phi) is 5.93. The van der Waals surface area contributed by atoms with E-state index in [4.69, 9.17) is 5.73 Å². The summed E-state index contributed by atoms with van der Waals surface area (Å²) in [4.78, 5) is 2.34. The topological polar surface area (TPSA) is 29.3 Å². The first-order valence-electron chi connectivity index (χ1n) is 4.42. The van der Waals surface area contributed by atoms with Gasteiger partial charge in [0.15, 0.2) is 0 Å². The van der Waals surface area contributed by atoms with Crippen molar-refractivity contribution >= 4 is 30.5 Å². The average Bonchev–Trinajstić information content (AvgIpc) is 2.54. The molecule has 80 valence electrons. The highest BCUT2D eigenvalue weighted by molar-refractivity contribution is 5.85. The van der Waals surface area contributed by atoms with Gasteiger partial charge in [-0.25, -0.2) is 0 Å². The van der Waals surface area contributed by atoms with Gasteiger partial charge < -0.3 is 10.6 Å². The zero-order valence-corrected chi connectivity index (χ0v) is 9.56. The molecule has 1 saturated heterocycles. The van der Waals surface area contributed by atoms with Gasteiger partial charge in [-0.2, -0.15) is 0 Å². The van der Waals surface area contributed by atoms with E-state index >= 15 is 0 Å². The van der Waals surface area contributed by atoms with Crippen LogP contribution in [0.25, 0.3) is 0 Å². The lowest BCUT2D eigenvalue weighted by atomic mass is 10.3. The Balaban J connectivity index is 0.000000845. The number of hydrogen-bond acceptors (Lipinski definition) is 2. The number of rotatable bonds is 1. The smallest absolute Gasteiger partial charge is 0.0366 e. The second-order valence-corrected chi connectivity index (χ2v) is 3.33. The van der Waals surface area contributed by atoms with Crippen LogP contribution in [0.3, 0.4) is 0 Å². The molecule has 0 radical (unpaired) electrons. The number of hydrogen-bond donors (Lipinski definition) is 1. The van der Waals surface area contributed by atoms with Gasteiger partial charge in [-0.1, -0.05) is 18.2 Å². The van der Waals surface area contributed by atoms with Gasteiger partial charge in [-0.15, -0.1) is 24.8 Å². The van der Waals surface area contributed by atoms with Crippen molar-refractivity contribution in [3.05, 3.63) is 30.3 Å². The molecule has 0 bridgehead atoms. The van der Waals surface area contributed by atoms with Gasteiger partial charge in [0.25, 0.3) is 0 Å². The summed E-state index contributed by atoms with van der Waals surface area (Å²) in [7, 11) is 0. The number of para-hydroxylation sites is 1. The number of anilines is 1. The number of halogens is 2. The summed E-state index contributed by atoms with van der Waals surface area (Å²) in [6, 6.07) is 10.8. The minimum Gasteiger partial charge on any atom is -0.370 e. The Morgan fingerprint density at radius 2 is 1.79 bits per heavy atom. The third-order valence-corrected chi connectivity index (χ3v) is 2.35. The Morgan fingerprint density at radius 3 is 2.29 bits per heavy atom. The summed E-state index contributed by atoms with van der Waals surface area (Å²) in [5, 5.41) is 0. The maximum Gasteiger partial charge on any atom is 0.0366 e. The summed E-state index contributed by atoms with van der Waals surface area (Å²) < 4.78 is 0. The van der Waals surface area contributed by atoms with Crippen molar-refractivity contribution in [1.29, 1.82) is 0 Å². The molecule has 0 spiro atoms. The molecule has 2 N–H and O–H groups in total. The lowest BCUT2D eigenvalue weighted by Crippen LogP contribution is -2.26. The predicted octanol–water partition coefficient (Wildman–Crippen LogP) is 2.07. The van der Waals surface area contributed by atoms with Crippen molar-refractivity contribution in [1.82, 2.24) is 0 Å². The fraction of sp³-hybridized carbons (Fsp3) is 0.400. The fourth-order valence-electron chi connectivity index (χ4n) is 1.66. The van der Waals surface area contributed by atoms with E-state index in [9.17, 15) is 0 Å². The molecule has 1 heterocycles. The van der Waals surface area contributed by atoms with Crippen LogP contribution in [0.2, 0.25) is 0 Å². The molecule has 4 heteroatoms. The Hall–Kier alpha value is -0.440. The normalized spacial score (nSPS) is 19.8. The van der Waals surface area contributed by atoms with Gasteiger partial charge in [0, 0.05) is 24.8 Å². The van der Waals surface area contributed by atoms with Gasteiger partial charge in [0.05, 0.1) is 0 Å². The maximum atomic E-state index is 5.82. The molecule has 1 aromatic rings. The molecule has 14 heavy (non-hydrogen) atoms. The maximum absolute atomic E-state index is 5.82. The van der Waals surface area contributed by atoms with E-state index < -0.39 is 0 Å². The number of nitrogens with zero attached hydrogens (tertiary/aromatic N) is 1. The summed E-state index contributed by atoms with van der Waals surface area (Å²) >= 11 is 0. The third kappa shape index (κ3) is 3.05. The second-order valence-electron chi connectivity index (χ2n) is 3.33. The number of nitrogens with two attached hydrogens (primary N) is 1. The molecule has 1 aliphatic heterocycles. The van der Waals surface area contributed by atoms with Crippen molar-refractivity contribution in [3.63, 3.8) is 0 Å². The van der Waals surface area contributed by atoms with Crippen LogP contribution in [-0.2, 0) is 0 Å². The van der Waals surface area contributed by atoms with Crippen LogP contribution < -0.4 is 10.6 Å². The van der Waals surface area contributed by atoms with Crippen LogP contribution in [0.1, 0.15) is 6.42 Å². The van der Waals surface area contributed by atoms with Gasteiger partial charge in [0.1, 0.15) is 0 Å². The van der Waals surface area contributed by atoms with Gasteiger partial charge in [0.2, 0.25) is 0 Å². The highest BCUT2D eigenvalue weighted by Crippen LogP contribution is 2.18. The average molecular weight is 235 g/mol. The van der Waals surface area contributed by atoms with Crippen LogP contribution in [0.15, 0.2) is 30.3 Å². The minimum absolute atomic E-state index is 0. The molecule has 0 saturated carbocycles. The quantitative estimate of drug-likeness (QED) is 0.807. The van der Waals surface area contributed by atoms with Crippen LogP contribution in [0.5, 0.6) is 0 Å². The van der Waals surface area contributed by atoms with Gasteiger partial charge in [-0.05, 0) is 18.6 Å². The monoisotopic (exact) mass is 234 g/mol. The molecule has 1 aromatic carbocycles.